The van der Waals surface area contributed by atoms with Gasteiger partial charge in [-0.3, -0.25) is 0 Å². The van der Waals surface area contributed by atoms with Gasteiger partial charge < -0.3 is 10.4 Å². The summed E-state index contributed by atoms with van der Waals surface area (Å²) in [6.45, 7) is 0.712. The minimum absolute atomic E-state index is 0.293. The monoisotopic (exact) mass is 241 g/mol. The number of aromatic hydroxyl groups is 1. The lowest BCUT2D eigenvalue weighted by molar-refractivity contribution is 0.475. The van der Waals surface area contributed by atoms with E-state index in [1.54, 1.807) is 18.5 Å². The average Bonchev–Trinajstić information content (AvgIpc) is 2.87. The molecule has 0 unspecified atom stereocenters. The van der Waals surface area contributed by atoms with Crippen molar-refractivity contribution < 1.29 is 5.11 Å². The average molecular weight is 241 g/mol. The zero-order valence-electron chi connectivity index (χ0n) is 10.1. The topological polar surface area (TPSA) is 58.0 Å². The Balaban J connectivity index is 1.74. The smallest absolute Gasteiger partial charge is 0.133 e. The number of nitrogens with one attached hydrogen (secondary N) is 1. The summed E-state index contributed by atoms with van der Waals surface area (Å²) in [4.78, 5) is 8.61. The van der Waals surface area contributed by atoms with Crippen LogP contribution in [0.2, 0.25) is 0 Å². The van der Waals surface area contributed by atoms with Crippen LogP contribution in [0.1, 0.15) is 23.2 Å². The molecule has 0 saturated carbocycles. The molecule has 0 saturated heterocycles. The summed E-state index contributed by atoms with van der Waals surface area (Å²) in [6.07, 6.45) is 4.92. The quantitative estimate of drug-likeness (QED) is 0.865. The standard InChI is InChI=1S/C14H15N3O/c18-11-6-4-10(5-7-11)8-15-14-12-2-1-3-13(12)16-9-17-14/h4-7,9,18H,1-3,8H2,(H,15,16,17). The highest BCUT2D eigenvalue weighted by Crippen LogP contribution is 2.25. The van der Waals surface area contributed by atoms with Crippen molar-refractivity contribution in [2.45, 2.75) is 25.8 Å². The molecule has 1 aromatic carbocycles. The number of rotatable bonds is 3. The first-order chi connectivity index (χ1) is 8.83. The minimum atomic E-state index is 0.293. The number of aromatic nitrogens is 2. The summed E-state index contributed by atoms with van der Waals surface area (Å²) in [5, 5.41) is 12.6. The van der Waals surface area contributed by atoms with E-state index in [0.29, 0.717) is 12.3 Å². The second kappa shape index (κ2) is 4.64. The second-order valence-corrected chi connectivity index (χ2v) is 4.52. The summed E-state index contributed by atoms with van der Waals surface area (Å²) in [5.41, 5.74) is 3.56. The molecule has 4 heteroatoms. The van der Waals surface area contributed by atoms with Crippen LogP contribution in [0.4, 0.5) is 5.82 Å². The van der Waals surface area contributed by atoms with E-state index >= 15 is 0 Å². The van der Waals surface area contributed by atoms with Crippen molar-refractivity contribution in [3.63, 3.8) is 0 Å². The van der Waals surface area contributed by atoms with Gasteiger partial charge in [-0.15, -0.1) is 0 Å². The number of nitrogens with zero attached hydrogens (tertiary/aromatic N) is 2. The molecule has 1 heterocycles. The number of hydrogen-bond donors (Lipinski definition) is 2. The third kappa shape index (κ3) is 2.14. The van der Waals surface area contributed by atoms with Crippen LogP contribution in [0, 0.1) is 0 Å². The Morgan fingerprint density at radius 1 is 1.11 bits per heavy atom. The number of fused-ring (bicyclic) bond motifs is 1. The third-order valence-corrected chi connectivity index (χ3v) is 3.27. The highest BCUT2D eigenvalue weighted by Gasteiger charge is 2.16. The van der Waals surface area contributed by atoms with Crippen LogP contribution in [-0.2, 0) is 19.4 Å². The Hall–Kier alpha value is -2.10. The van der Waals surface area contributed by atoms with E-state index in [4.69, 9.17) is 0 Å². The van der Waals surface area contributed by atoms with Crippen molar-refractivity contribution in [1.29, 1.82) is 0 Å². The first-order valence-electron chi connectivity index (χ1n) is 6.17. The van der Waals surface area contributed by atoms with Crippen molar-refractivity contribution in [2.24, 2.45) is 0 Å². The Bertz CT molecular complexity index is 551. The molecule has 0 fully saturated rings. The van der Waals surface area contributed by atoms with Crippen molar-refractivity contribution in [1.82, 2.24) is 9.97 Å². The SMILES string of the molecule is Oc1ccc(CNc2ncnc3c2CCC3)cc1. The fourth-order valence-electron chi connectivity index (χ4n) is 2.31. The van der Waals surface area contributed by atoms with E-state index in [0.717, 1.165) is 24.2 Å². The number of phenols is 1. The van der Waals surface area contributed by atoms with Gasteiger partial charge in [0.1, 0.15) is 17.9 Å². The number of benzene rings is 1. The molecule has 0 atom stereocenters. The molecule has 0 amide bonds. The highest BCUT2D eigenvalue weighted by molar-refractivity contribution is 5.48. The molecule has 2 N–H and O–H groups in total. The Kier molecular flexibility index (Phi) is 2.84. The van der Waals surface area contributed by atoms with Gasteiger partial charge >= 0.3 is 0 Å². The van der Waals surface area contributed by atoms with Crippen LogP contribution >= 0.6 is 0 Å². The molecular formula is C14H15N3O. The second-order valence-electron chi connectivity index (χ2n) is 4.52. The molecule has 1 aromatic heterocycles. The molecule has 0 bridgehead atoms. The molecule has 2 aromatic rings. The zero-order chi connectivity index (χ0) is 12.4. The maximum atomic E-state index is 9.23. The predicted molar refractivity (Wildman–Crippen MR) is 69.5 cm³/mol. The van der Waals surface area contributed by atoms with Crippen LogP contribution in [-0.4, -0.2) is 15.1 Å². The van der Waals surface area contributed by atoms with Gasteiger partial charge in [0.05, 0.1) is 0 Å². The fraction of sp³-hybridized carbons (Fsp3) is 0.286. The summed E-state index contributed by atoms with van der Waals surface area (Å²) in [5.74, 6) is 1.24. The normalized spacial score (nSPS) is 13.3. The largest absolute Gasteiger partial charge is 0.508 e. The van der Waals surface area contributed by atoms with E-state index in [2.05, 4.69) is 15.3 Å². The number of hydrogen-bond acceptors (Lipinski definition) is 4. The molecule has 0 radical (unpaired) electrons. The third-order valence-electron chi connectivity index (χ3n) is 3.27. The summed E-state index contributed by atoms with van der Waals surface area (Å²) in [7, 11) is 0. The van der Waals surface area contributed by atoms with Crippen molar-refractivity contribution in [3.05, 3.63) is 47.4 Å². The van der Waals surface area contributed by atoms with Crippen molar-refractivity contribution >= 4 is 5.82 Å². The number of anilines is 1. The van der Waals surface area contributed by atoms with Crippen LogP contribution in [0.15, 0.2) is 30.6 Å². The first-order valence-corrected chi connectivity index (χ1v) is 6.17. The molecule has 1 aliphatic carbocycles. The fourth-order valence-corrected chi connectivity index (χ4v) is 2.31. The minimum Gasteiger partial charge on any atom is -0.508 e. The highest BCUT2D eigenvalue weighted by atomic mass is 16.3. The van der Waals surface area contributed by atoms with Crippen LogP contribution in [0.25, 0.3) is 0 Å². The zero-order valence-corrected chi connectivity index (χ0v) is 10.1. The van der Waals surface area contributed by atoms with E-state index < -0.39 is 0 Å². The summed E-state index contributed by atoms with van der Waals surface area (Å²) >= 11 is 0. The van der Waals surface area contributed by atoms with Crippen molar-refractivity contribution in [3.8, 4) is 5.75 Å². The van der Waals surface area contributed by atoms with Gasteiger partial charge in [-0.25, -0.2) is 9.97 Å². The van der Waals surface area contributed by atoms with E-state index in [1.165, 1.54) is 17.7 Å². The molecule has 4 nitrogen and oxygen atoms in total. The van der Waals surface area contributed by atoms with E-state index in [1.807, 2.05) is 12.1 Å². The lowest BCUT2D eigenvalue weighted by atomic mass is 10.2. The summed E-state index contributed by atoms with van der Waals surface area (Å²) in [6, 6.07) is 7.20. The van der Waals surface area contributed by atoms with Crippen molar-refractivity contribution in [2.75, 3.05) is 5.32 Å². The predicted octanol–water partition coefficient (Wildman–Crippen LogP) is 2.28. The van der Waals surface area contributed by atoms with Gasteiger partial charge in [-0.05, 0) is 37.0 Å². The van der Waals surface area contributed by atoms with Crippen LogP contribution in [0.5, 0.6) is 5.75 Å². The van der Waals surface area contributed by atoms with Gasteiger partial charge in [0, 0.05) is 17.8 Å². The number of phenolic OH excluding ortho intramolecular Hbond substituents is 1. The van der Waals surface area contributed by atoms with Gasteiger partial charge in [-0.1, -0.05) is 12.1 Å². The molecule has 0 spiro atoms. The molecule has 0 aliphatic heterocycles. The lowest BCUT2D eigenvalue weighted by Crippen LogP contribution is -2.05. The van der Waals surface area contributed by atoms with E-state index in [-0.39, 0.29) is 0 Å². The number of aryl methyl sites for hydroxylation is 1. The molecule has 3 rings (SSSR count). The van der Waals surface area contributed by atoms with Crippen LogP contribution in [0.3, 0.4) is 0 Å². The lowest BCUT2D eigenvalue weighted by Gasteiger charge is -2.09. The molecular weight excluding hydrogens is 226 g/mol. The van der Waals surface area contributed by atoms with Crippen LogP contribution < -0.4 is 5.32 Å². The molecule has 92 valence electrons. The van der Waals surface area contributed by atoms with Gasteiger partial charge in [0.15, 0.2) is 0 Å². The molecule has 18 heavy (non-hydrogen) atoms. The Morgan fingerprint density at radius 2 is 1.94 bits per heavy atom. The maximum absolute atomic E-state index is 9.23. The summed E-state index contributed by atoms with van der Waals surface area (Å²) < 4.78 is 0. The van der Waals surface area contributed by atoms with Gasteiger partial charge in [0.2, 0.25) is 0 Å². The Labute approximate surface area is 106 Å². The van der Waals surface area contributed by atoms with Gasteiger partial charge in [0.25, 0.3) is 0 Å². The van der Waals surface area contributed by atoms with E-state index in [9.17, 15) is 5.11 Å². The first kappa shape index (κ1) is 11.0. The van der Waals surface area contributed by atoms with Gasteiger partial charge in [-0.2, -0.15) is 0 Å². The maximum Gasteiger partial charge on any atom is 0.133 e. The molecule has 1 aliphatic rings. The Morgan fingerprint density at radius 3 is 2.78 bits per heavy atom.